The lowest BCUT2D eigenvalue weighted by atomic mass is 10.1. The van der Waals surface area contributed by atoms with Gasteiger partial charge in [0.1, 0.15) is 11.4 Å². The van der Waals surface area contributed by atoms with E-state index in [-0.39, 0.29) is 17.6 Å². The second-order valence-electron chi connectivity index (χ2n) is 7.35. The lowest BCUT2D eigenvalue weighted by Gasteiger charge is -2.13. The molecule has 3 aromatic rings. The number of aromatic nitrogens is 4. The van der Waals surface area contributed by atoms with Crippen molar-refractivity contribution in [2.75, 3.05) is 0 Å². The van der Waals surface area contributed by atoms with Crippen LogP contribution in [0.3, 0.4) is 0 Å². The molecular weight excluding hydrogens is 384 g/mol. The highest BCUT2D eigenvalue weighted by molar-refractivity contribution is 5.94. The Kier molecular flexibility index (Phi) is 6.00. The van der Waals surface area contributed by atoms with Gasteiger partial charge in [-0.15, -0.1) is 0 Å². The summed E-state index contributed by atoms with van der Waals surface area (Å²) in [5.74, 6) is -0.167. The van der Waals surface area contributed by atoms with E-state index in [2.05, 4.69) is 15.5 Å². The van der Waals surface area contributed by atoms with Crippen molar-refractivity contribution in [3.63, 3.8) is 0 Å². The van der Waals surface area contributed by atoms with Crippen molar-refractivity contribution >= 4 is 11.6 Å². The molecule has 2 heterocycles. The van der Waals surface area contributed by atoms with Crippen LogP contribution in [-0.2, 0) is 13.1 Å². The highest BCUT2D eigenvalue weighted by atomic mass is 16.6. The molecule has 2 aromatic heterocycles. The molecule has 0 spiro atoms. The van der Waals surface area contributed by atoms with Gasteiger partial charge >= 0.3 is 5.69 Å². The van der Waals surface area contributed by atoms with Crippen LogP contribution in [0.5, 0.6) is 0 Å². The molecule has 1 aromatic carbocycles. The summed E-state index contributed by atoms with van der Waals surface area (Å²) in [7, 11) is 0. The Morgan fingerprint density at radius 3 is 2.37 bits per heavy atom. The van der Waals surface area contributed by atoms with Gasteiger partial charge in [0.2, 0.25) is 0 Å². The predicted octanol–water partition coefficient (Wildman–Crippen LogP) is 3.47. The zero-order chi connectivity index (χ0) is 22.0. The second-order valence-corrected chi connectivity index (χ2v) is 7.35. The van der Waals surface area contributed by atoms with Crippen LogP contribution in [-0.4, -0.2) is 30.4 Å². The molecule has 0 fully saturated rings. The first-order valence-electron chi connectivity index (χ1n) is 9.83. The van der Waals surface area contributed by atoms with Crippen LogP contribution in [0.15, 0.2) is 30.5 Å². The molecule has 0 radical (unpaired) electrons. The van der Waals surface area contributed by atoms with Crippen LogP contribution in [0.1, 0.15) is 58.5 Å². The van der Waals surface area contributed by atoms with Gasteiger partial charge in [-0.05, 0) is 52.3 Å². The quantitative estimate of drug-likeness (QED) is 0.474. The topological polar surface area (TPSA) is 108 Å². The van der Waals surface area contributed by atoms with E-state index in [1.807, 2.05) is 43.8 Å². The second kappa shape index (κ2) is 8.48. The summed E-state index contributed by atoms with van der Waals surface area (Å²) in [5.41, 5.74) is 4.29. The Morgan fingerprint density at radius 2 is 1.83 bits per heavy atom. The number of hydrogen-bond donors (Lipinski definition) is 1. The lowest BCUT2D eigenvalue weighted by Crippen LogP contribution is -2.26. The zero-order valence-corrected chi connectivity index (χ0v) is 17.8. The average molecular weight is 410 g/mol. The van der Waals surface area contributed by atoms with E-state index in [0.717, 1.165) is 23.4 Å². The molecule has 1 amide bonds. The molecule has 3 rings (SSSR count). The summed E-state index contributed by atoms with van der Waals surface area (Å²) in [6, 6.07) is 7.01. The Morgan fingerprint density at radius 1 is 1.17 bits per heavy atom. The van der Waals surface area contributed by atoms with Crippen LogP contribution in [0.25, 0.3) is 0 Å². The number of benzene rings is 1. The number of nitrogens with one attached hydrogen (secondary N) is 1. The molecule has 1 N–H and O–H groups in total. The van der Waals surface area contributed by atoms with Gasteiger partial charge in [-0.3, -0.25) is 24.3 Å². The largest absolute Gasteiger partial charge is 0.345 e. The van der Waals surface area contributed by atoms with Gasteiger partial charge in [0.25, 0.3) is 5.91 Å². The van der Waals surface area contributed by atoms with Gasteiger partial charge in [-0.25, -0.2) is 0 Å². The van der Waals surface area contributed by atoms with Gasteiger partial charge in [0, 0.05) is 23.9 Å². The number of amides is 1. The summed E-state index contributed by atoms with van der Waals surface area (Å²) in [6.45, 7) is 10.4. The molecule has 0 saturated carbocycles. The summed E-state index contributed by atoms with van der Waals surface area (Å²) >= 11 is 0. The Balaban J connectivity index is 1.69. The third-order valence-corrected chi connectivity index (χ3v) is 5.20. The van der Waals surface area contributed by atoms with Crippen LogP contribution in [0.4, 0.5) is 5.69 Å². The molecule has 0 aliphatic carbocycles. The minimum absolute atomic E-state index is 0.0432. The first-order valence-corrected chi connectivity index (χ1v) is 9.83. The molecule has 9 nitrogen and oxygen atoms in total. The van der Waals surface area contributed by atoms with Crippen LogP contribution in [0.2, 0.25) is 0 Å². The third kappa shape index (κ3) is 4.24. The first kappa shape index (κ1) is 21.2. The van der Waals surface area contributed by atoms with Crippen molar-refractivity contribution in [2.45, 2.75) is 53.8 Å². The highest BCUT2D eigenvalue weighted by Gasteiger charge is 2.22. The van der Waals surface area contributed by atoms with E-state index in [4.69, 9.17) is 0 Å². The van der Waals surface area contributed by atoms with Crippen molar-refractivity contribution in [1.82, 2.24) is 24.9 Å². The van der Waals surface area contributed by atoms with E-state index in [9.17, 15) is 14.9 Å². The van der Waals surface area contributed by atoms with Crippen molar-refractivity contribution in [2.24, 2.45) is 0 Å². The lowest BCUT2D eigenvalue weighted by molar-refractivity contribution is -0.386. The van der Waals surface area contributed by atoms with Gasteiger partial charge < -0.3 is 5.32 Å². The SMILES string of the molecule is CCn1cc(C(C)NC(=O)c2ccc(Cn3nc(C)c([N+](=O)[O-])c3C)cc2)c(C)n1. The molecule has 30 heavy (non-hydrogen) atoms. The van der Waals surface area contributed by atoms with Crippen LogP contribution >= 0.6 is 0 Å². The molecule has 1 unspecified atom stereocenters. The van der Waals surface area contributed by atoms with Crippen molar-refractivity contribution in [3.8, 4) is 0 Å². The molecule has 1 atom stereocenters. The van der Waals surface area contributed by atoms with Crippen molar-refractivity contribution in [1.29, 1.82) is 0 Å². The van der Waals surface area contributed by atoms with E-state index in [0.29, 0.717) is 23.5 Å². The van der Waals surface area contributed by atoms with Gasteiger partial charge in [0.05, 0.1) is 23.2 Å². The molecule has 158 valence electrons. The number of aryl methyl sites for hydroxylation is 3. The van der Waals surface area contributed by atoms with Gasteiger partial charge in [-0.2, -0.15) is 10.2 Å². The molecule has 0 aliphatic rings. The van der Waals surface area contributed by atoms with Gasteiger partial charge in [0.15, 0.2) is 0 Å². The van der Waals surface area contributed by atoms with E-state index < -0.39 is 4.92 Å². The normalized spacial score (nSPS) is 12.0. The highest BCUT2D eigenvalue weighted by Crippen LogP contribution is 2.23. The Labute approximate surface area is 174 Å². The summed E-state index contributed by atoms with van der Waals surface area (Å²) in [5, 5.41) is 22.9. The van der Waals surface area contributed by atoms with Crippen molar-refractivity contribution in [3.05, 3.63) is 74.3 Å². The standard InChI is InChI=1S/C21H26N6O3/c1-6-25-12-19(14(3)23-25)13(2)22-21(28)18-9-7-17(8-10-18)11-26-16(5)20(27(29)30)15(4)24-26/h7-10,12-13H,6,11H2,1-5H3,(H,22,28). The van der Waals surface area contributed by atoms with Crippen molar-refractivity contribution < 1.29 is 9.72 Å². The van der Waals surface area contributed by atoms with E-state index in [1.165, 1.54) is 0 Å². The number of rotatable bonds is 7. The van der Waals surface area contributed by atoms with Crippen LogP contribution < -0.4 is 5.32 Å². The summed E-state index contributed by atoms with van der Waals surface area (Å²) in [6.07, 6.45) is 1.96. The smallest absolute Gasteiger partial charge is 0.312 e. The zero-order valence-electron chi connectivity index (χ0n) is 17.8. The minimum atomic E-state index is -0.408. The maximum absolute atomic E-state index is 12.6. The molecule has 0 aliphatic heterocycles. The molecular formula is C21H26N6O3. The minimum Gasteiger partial charge on any atom is -0.345 e. The number of nitro groups is 1. The summed E-state index contributed by atoms with van der Waals surface area (Å²) < 4.78 is 3.46. The fraction of sp³-hybridized carbons (Fsp3) is 0.381. The number of hydrogen-bond acceptors (Lipinski definition) is 5. The maximum Gasteiger partial charge on any atom is 0.312 e. The average Bonchev–Trinajstić information content (AvgIpc) is 3.21. The Hall–Kier alpha value is -3.49. The fourth-order valence-corrected chi connectivity index (χ4v) is 3.52. The number of carbonyl (C=O) groups is 1. The van der Waals surface area contributed by atoms with E-state index in [1.54, 1.807) is 30.7 Å². The number of nitrogens with zero attached hydrogens (tertiary/aromatic N) is 5. The molecule has 0 saturated heterocycles. The number of carbonyl (C=O) groups excluding carboxylic acids is 1. The molecule has 9 heteroatoms. The predicted molar refractivity (Wildman–Crippen MR) is 112 cm³/mol. The monoisotopic (exact) mass is 410 g/mol. The van der Waals surface area contributed by atoms with E-state index >= 15 is 0 Å². The maximum atomic E-state index is 12.6. The fourth-order valence-electron chi connectivity index (χ4n) is 3.52. The van der Waals surface area contributed by atoms with Gasteiger partial charge in [-0.1, -0.05) is 12.1 Å². The summed E-state index contributed by atoms with van der Waals surface area (Å²) in [4.78, 5) is 23.4. The first-order chi connectivity index (χ1) is 14.2. The third-order valence-electron chi connectivity index (χ3n) is 5.20. The Bertz CT molecular complexity index is 1080. The molecule has 0 bridgehead atoms. The van der Waals surface area contributed by atoms with Crippen LogP contribution in [0, 0.1) is 30.9 Å².